The maximum atomic E-state index is 13.0. The van der Waals surface area contributed by atoms with E-state index in [1.807, 2.05) is 31.2 Å². The van der Waals surface area contributed by atoms with Gasteiger partial charge in [-0.2, -0.15) is 0 Å². The van der Waals surface area contributed by atoms with Crippen LogP contribution in [0.15, 0.2) is 65.7 Å². The standard InChI is InChI=1S/C25H22BrNO/c1-6-9-19(15(2)3)24-17(5)16(4)21(14-22(24)26)25(28)27-23-13-8-11-18-10-7-12-20(18)23/h6-9,11-14H,1-2,4-5,10H2,3H3,(H,27,28)/b19-9+. The van der Waals surface area contributed by atoms with Crippen LogP contribution in [0.5, 0.6) is 0 Å². The van der Waals surface area contributed by atoms with Gasteiger partial charge in [0.1, 0.15) is 0 Å². The highest BCUT2D eigenvalue weighted by atomic mass is 79.9. The minimum atomic E-state index is -0.208. The average Bonchev–Trinajstić information content (AvgIpc) is 3.13. The Bertz CT molecular complexity index is 1170. The molecule has 2 nitrogen and oxygen atoms in total. The SMILES string of the molecule is C=C/C=C(\C(=C)C)c1c(Br)cc(C(=O)Nc2cccc3c2C=CC3)c(=C)c1=C. The lowest BCUT2D eigenvalue weighted by atomic mass is 9.95. The van der Waals surface area contributed by atoms with Crippen molar-refractivity contribution in [2.45, 2.75) is 13.3 Å². The highest BCUT2D eigenvalue weighted by Gasteiger charge is 2.17. The highest BCUT2D eigenvalue weighted by Crippen LogP contribution is 2.28. The van der Waals surface area contributed by atoms with Crippen LogP contribution in [0.25, 0.3) is 24.8 Å². The van der Waals surface area contributed by atoms with Gasteiger partial charge in [-0.25, -0.2) is 0 Å². The Morgan fingerprint density at radius 1 is 1.25 bits per heavy atom. The van der Waals surface area contributed by atoms with E-state index in [0.29, 0.717) is 16.0 Å². The summed E-state index contributed by atoms with van der Waals surface area (Å²) >= 11 is 3.60. The van der Waals surface area contributed by atoms with Crippen LogP contribution in [0.1, 0.15) is 34.0 Å². The zero-order valence-electron chi connectivity index (χ0n) is 15.9. The van der Waals surface area contributed by atoms with E-state index in [1.54, 1.807) is 12.1 Å². The van der Waals surface area contributed by atoms with Gasteiger partial charge in [0, 0.05) is 26.9 Å². The van der Waals surface area contributed by atoms with E-state index in [-0.39, 0.29) is 5.91 Å². The lowest BCUT2D eigenvalue weighted by molar-refractivity contribution is 0.102. The van der Waals surface area contributed by atoms with Gasteiger partial charge < -0.3 is 5.32 Å². The van der Waals surface area contributed by atoms with Crippen molar-refractivity contribution in [3.05, 3.63) is 98.4 Å². The van der Waals surface area contributed by atoms with E-state index in [9.17, 15) is 4.79 Å². The van der Waals surface area contributed by atoms with Crippen LogP contribution < -0.4 is 15.8 Å². The number of nitrogens with one attached hydrogen (secondary N) is 1. The van der Waals surface area contributed by atoms with Gasteiger partial charge >= 0.3 is 0 Å². The van der Waals surface area contributed by atoms with E-state index in [1.165, 1.54) is 5.56 Å². The molecule has 140 valence electrons. The number of amides is 1. The molecule has 0 aromatic heterocycles. The van der Waals surface area contributed by atoms with E-state index in [4.69, 9.17) is 0 Å². The predicted molar refractivity (Wildman–Crippen MR) is 125 cm³/mol. The first-order chi connectivity index (χ1) is 13.3. The summed E-state index contributed by atoms with van der Waals surface area (Å²) in [6.07, 6.45) is 8.62. The minimum absolute atomic E-state index is 0.208. The van der Waals surface area contributed by atoms with Crippen molar-refractivity contribution in [2.24, 2.45) is 0 Å². The Balaban J connectivity index is 2.05. The van der Waals surface area contributed by atoms with Gasteiger partial charge in [0.05, 0.1) is 0 Å². The zero-order chi connectivity index (χ0) is 20.4. The molecule has 0 heterocycles. The van der Waals surface area contributed by atoms with Crippen LogP contribution in [0.3, 0.4) is 0 Å². The fourth-order valence-electron chi connectivity index (χ4n) is 3.38. The van der Waals surface area contributed by atoms with Gasteiger partial charge in [-0.05, 0) is 47.1 Å². The Kier molecular flexibility index (Phi) is 5.66. The highest BCUT2D eigenvalue weighted by molar-refractivity contribution is 9.10. The second-order valence-electron chi connectivity index (χ2n) is 6.77. The second-order valence-corrected chi connectivity index (χ2v) is 7.63. The van der Waals surface area contributed by atoms with E-state index >= 15 is 0 Å². The number of halogens is 1. The fourth-order valence-corrected chi connectivity index (χ4v) is 4.07. The molecule has 1 amide bonds. The summed E-state index contributed by atoms with van der Waals surface area (Å²) in [4.78, 5) is 13.0. The van der Waals surface area contributed by atoms with Gasteiger partial charge in [-0.15, -0.1) is 0 Å². The molecule has 0 radical (unpaired) electrons. The van der Waals surface area contributed by atoms with E-state index in [2.05, 4.69) is 59.7 Å². The molecule has 1 aliphatic rings. The molecule has 0 aliphatic heterocycles. The van der Waals surface area contributed by atoms with Crippen LogP contribution in [0.4, 0.5) is 5.69 Å². The summed E-state index contributed by atoms with van der Waals surface area (Å²) in [5, 5.41) is 4.30. The third-order valence-electron chi connectivity index (χ3n) is 4.83. The number of rotatable bonds is 5. The van der Waals surface area contributed by atoms with Crippen molar-refractivity contribution in [3.63, 3.8) is 0 Å². The van der Waals surface area contributed by atoms with Gasteiger partial charge in [-0.1, -0.05) is 84.3 Å². The summed E-state index contributed by atoms with van der Waals surface area (Å²) in [7, 11) is 0. The first kappa shape index (κ1) is 19.8. The molecule has 0 spiro atoms. The van der Waals surface area contributed by atoms with Crippen molar-refractivity contribution in [1.82, 2.24) is 0 Å². The molecule has 0 fully saturated rings. The Morgan fingerprint density at radius 2 is 2.00 bits per heavy atom. The molecular weight excluding hydrogens is 410 g/mol. The van der Waals surface area contributed by atoms with Gasteiger partial charge in [0.25, 0.3) is 5.91 Å². The lowest BCUT2D eigenvalue weighted by Gasteiger charge is -2.14. The van der Waals surface area contributed by atoms with Crippen LogP contribution in [0, 0.1) is 0 Å². The normalized spacial score (nSPS) is 12.6. The molecular formula is C25H22BrNO. The molecule has 0 saturated heterocycles. The first-order valence-electron chi connectivity index (χ1n) is 8.94. The molecule has 0 atom stereocenters. The van der Waals surface area contributed by atoms with E-state index in [0.717, 1.165) is 38.9 Å². The van der Waals surface area contributed by atoms with Crippen LogP contribution in [-0.2, 0) is 6.42 Å². The molecule has 2 aromatic rings. The number of carbonyl (C=O) groups excluding carboxylic acids is 1. The van der Waals surface area contributed by atoms with Crippen LogP contribution in [0.2, 0.25) is 0 Å². The summed E-state index contributed by atoms with van der Waals surface area (Å²) < 4.78 is 0.768. The summed E-state index contributed by atoms with van der Waals surface area (Å²) in [5.74, 6) is -0.208. The topological polar surface area (TPSA) is 29.1 Å². The molecule has 0 saturated carbocycles. The number of hydrogen-bond acceptors (Lipinski definition) is 1. The van der Waals surface area contributed by atoms with Crippen LogP contribution >= 0.6 is 15.9 Å². The third kappa shape index (κ3) is 3.58. The maximum absolute atomic E-state index is 13.0. The van der Waals surface area contributed by atoms with Gasteiger partial charge in [0.2, 0.25) is 0 Å². The molecule has 0 bridgehead atoms. The number of carbonyl (C=O) groups is 1. The molecule has 1 aliphatic carbocycles. The van der Waals surface area contributed by atoms with Gasteiger partial charge in [0.15, 0.2) is 0 Å². The molecule has 3 heteroatoms. The first-order valence-corrected chi connectivity index (χ1v) is 9.73. The van der Waals surface area contributed by atoms with Crippen molar-refractivity contribution >= 4 is 52.3 Å². The second kappa shape index (κ2) is 7.99. The van der Waals surface area contributed by atoms with Gasteiger partial charge in [-0.3, -0.25) is 4.79 Å². The number of hydrogen-bond donors (Lipinski definition) is 1. The zero-order valence-corrected chi connectivity index (χ0v) is 17.5. The molecule has 1 N–H and O–H groups in total. The fraction of sp³-hybridized carbons (Fsp3) is 0.0800. The van der Waals surface area contributed by atoms with Crippen LogP contribution in [-0.4, -0.2) is 5.91 Å². The summed E-state index contributed by atoms with van der Waals surface area (Å²) in [5.41, 5.74) is 6.23. The number of anilines is 1. The van der Waals surface area contributed by atoms with Crippen molar-refractivity contribution in [1.29, 1.82) is 0 Å². The Hall–Kier alpha value is -2.91. The smallest absolute Gasteiger partial charge is 0.256 e. The minimum Gasteiger partial charge on any atom is -0.321 e. The number of allylic oxidation sites excluding steroid dienone is 5. The van der Waals surface area contributed by atoms with Crippen molar-refractivity contribution in [3.8, 4) is 0 Å². The molecule has 0 unspecified atom stereocenters. The Labute approximate surface area is 174 Å². The Morgan fingerprint density at radius 3 is 2.68 bits per heavy atom. The average molecular weight is 432 g/mol. The van der Waals surface area contributed by atoms with Crippen molar-refractivity contribution < 1.29 is 4.79 Å². The number of benzene rings is 2. The van der Waals surface area contributed by atoms with Crippen molar-refractivity contribution in [2.75, 3.05) is 5.32 Å². The molecule has 3 rings (SSSR count). The molecule has 28 heavy (non-hydrogen) atoms. The predicted octanol–water partition coefficient (Wildman–Crippen LogP) is 5.24. The third-order valence-corrected chi connectivity index (χ3v) is 5.45. The summed E-state index contributed by atoms with van der Waals surface area (Å²) in [6.45, 7) is 18.0. The lowest BCUT2D eigenvalue weighted by Crippen LogP contribution is -2.34. The summed E-state index contributed by atoms with van der Waals surface area (Å²) in [6, 6.07) is 7.73. The quantitative estimate of drug-likeness (QED) is 0.644. The monoisotopic (exact) mass is 431 g/mol. The number of fused-ring (bicyclic) bond motifs is 1. The maximum Gasteiger partial charge on any atom is 0.256 e. The van der Waals surface area contributed by atoms with E-state index < -0.39 is 0 Å². The molecule has 2 aromatic carbocycles. The largest absolute Gasteiger partial charge is 0.321 e.